The van der Waals surface area contributed by atoms with Crippen LogP contribution >= 0.6 is 23.2 Å². The fourth-order valence-electron chi connectivity index (χ4n) is 1.98. The van der Waals surface area contributed by atoms with Gasteiger partial charge in [0.2, 0.25) is 0 Å². The van der Waals surface area contributed by atoms with Gasteiger partial charge in [0, 0.05) is 27.2 Å². The molecule has 2 aromatic carbocycles. The van der Waals surface area contributed by atoms with Crippen molar-refractivity contribution in [2.45, 2.75) is 6.04 Å². The Hall–Kier alpha value is -1.16. The van der Waals surface area contributed by atoms with Crippen molar-refractivity contribution < 1.29 is 8.78 Å². The number of halogens is 4. The zero-order valence-corrected chi connectivity index (χ0v) is 11.6. The number of hydrogen-bond donors (Lipinski definition) is 1. The van der Waals surface area contributed by atoms with Crippen LogP contribution in [0.25, 0.3) is 0 Å². The fraction of sp³-hybridized carbons (Fsp3) is 0.143. The van der Waals surface area contributed by atoms with Gasteiger partial charge in [0.05, 0.1) is 6.04 Å². The molecule has 0 aromatic heterocycles. The molecule has 1 nitrogen and oxygen atoms in total. The Morgan fingerprint density at radius 3 is 2.21 bits per heavy atom. The maximum atomic E-state index is 13.9. The van der Waals surface area contributed by atoms with Gasteiger partial charge in [0.15, 0.2) is 0 Å². The van der Waals surface area contributed by atoms with Crippen molar-refractivity contribution in [2.24, 2.45) is 0 Å². The van der Waals surface area contributed by atoms with Crippen LogP contribution in [0, 0.1) is 11.6 Å². The molecule has 0 amide bonds. The van der Waals surface area contributed by atoms with Crippen LogP contribution in [-0.2, 0) is 0 Å². The second-order valence-electron chi connectivity index (χ2n) is 4.02. The lowest BCUT2D eigenvalue weighted by Crippen LogP contribution is -2.20. The molecule has 1 N–H and O–H groups in total. The molecule has 2 rings (SSSR count). The minimum atomic E-state index is -0.643. The van der Waals surface area contributed by atoms with Gasteiger partial charge in [0.25, 0.3) is 0 Å². The second-order valence-corrected chi connectivity index (χ2v) is 4.84. The smallest absolute Gasteiger partial charge is 0.131 e. The second kappa shape index (κ2) is 5.87. The molecule has 0 aliphatic heterocycles. The van der Waals surface area contributed by atoms with Crippen molar-refractivity contribution in [2.75, 3.05) is 7.05 Å². The van der Waals surface area contributed by atoms with E-state index >= 15 is 0 Å². The Labute approximate surface area is 120 Å². The van der Waals surface area contributed by atoms with Gasteiger partial charge in [-0.05, 0) is 25.2 Å². The zero-order chi connectivity index (χ0) is 14.0. The number of rotatable bonds is 3. The molecule has 0 radical (unpaired) electrons. The Bertz CT molecular complexity index is 582. The Morgan fingerprint density at radius 2 is 1.68 bits per heavy atom. The molecule has 100 valence electrons. The molecular formula is C14H11Cl2F2N. The van der Waals surface area contributed by atoms with E-state index in [0.717, 1.165) is 6.07 Å². The van der Waals surface area contributed by atoms with Crippen LogP contribution in [0.4, 0.5) is 8.78 Å². The Balaban J connectivity index is 2.56. The van der Waals surface area contributed by atoms with Crippen molar-refractivity contribution in [3.63, 3.8) is 0 Å². The fourth-order valence-corrected chi connectivity index (χ4v) is 2.59. The molecule has 0 saturated carbocycles. The summed E-state index contributed by atoms with van der Waals surface area (Å²) in [5.74, 6) is -1.27. The lowest BCUT2D eigenvalue weighted by atomic mass is 9.98. The molecule has 5 heteroatoms. The van der Waals surface area contributed by atoms with E-state index in [2.05, 4.69) is 5.32 Å². The summed E-state index contributed by atoms with van der Waals surface area (Å²) in [6.45, 7) is 0. The van der Waals surface area contributed by atoms with Crippen molar-refractivity contribution in [3.8, 4) is 0 Å². The number of nitrogens with one attached hydrogen (secondary N) is 1. The van der Waals surface area contributed by atoms with Crippen molar-refractivity contribution in [1.29, 1.82) is 0 Å². The highest BCUT2D eigenvalue weighted by atomic mass is 35.5. The number of hydrogen-bond acceptors (Lipinski definition) is 1. The normalized spacial score (nSPS) is 12.5. The van der Waals surface area contributed by atoms with Gasteiger partial charge in [-0.15, -0.1) is 0 Å². The lowest BCUT2D eigenvalue weighted by Gasteiger charge is -2.20. The molecule has 0 saturated heterocycles. The first-order valence-electron chi connectivity index (χ1n) is 5.60. The van der Waals surface area contributed by atoms with E-state index in [4.69, 9.17) is 23.2 Å². The first kappa shape index (κ1) is 14.3. The molecule has 1 unspecified atom stereocenters. The van der Waals surface area contributed by atoms with E-state index in [1.54, 1.807) is 25.2 Å². The third-order valence-corrected chi connectivity index (χ3v) is 3.51. The quantitative estimate of drug-likeness (QED) is 0.875. The van der Waals surface area contributed by atoms with Gasteiger partial charge in [-0.25, -0.2) is 8.78 Å². The highest BCUT2D eigenvalue weighted by molar-refractivity contribution is 6.36. The van der Waals surface area contributed by atoms with Crippen LogP contribution in [-0.4, -0.2) is 7.05 Å². The minimum Gasteiger partial charge on any atom is -0.309 e. The molecule has 0 aliphatic rings. The van der Waals surface area contributed by atoms with E-state index in [1.165, 1.54) is 12.1 Å². The molecule has 0 spiro atoms. The summed E-state index contributed by atoms with van der Waals surface area (Å²) in [5.41, 5.74) is 0.859. The predicted octanol–water partition coefficient (Wildman–Crippen LogP) is 4.58. The first-order valence-corrected chi connectivity index (χ1v) is 6.36. The average molecular weight is 302 g/mol. The summed E-state index contributed by atoms with van der Waals surface area (Å²) in [6.07, 6.45) is 0. The Kier molecular flexibility index (Phi) is 4.40. The van der Waals surface area contributed by atoms with Crippen LogP contribution in [0.5, 0.6) is 0 Å². The van der Waals surface area contributed by atoms with Crippen LogP contribution < -0.4 is 5.32 Å². The van der Waals surface area contributed by atoms with E-state index in [1.807, 2.05) is 0 Å². The predicted molar refractivity (Wildman–Crippen MR) is 73.7 cm³/mol. The van der Waals surface area contributed by atoms with E-state index < -0.39 is 17.7 Å². The van der Waals surface area contributed by atoms with Crippen LogP contribution in [0.3, 0.4) is 0 Å². The summed E-state index contributed by atoms with van der Waals surface area (Å²) in [4.78, 5) is 0. The van der Waals surface area contributed by atoms with E-state index in [-0.39, 0.29) is 0 Å². The van der Waals surface area contributed by atoms with Crippen LogP contribution in [0.2, 0.25) is 10.0 Å². The molecule has 0 aliphatic carbocycles. The standard InChI is InChI=1S/C14H11Cl2F2N/c1-19-14(9-6-5-8(17)7-12(9)18)13-10(15)3-2-4-11(13)16/h2-7,14,19H,1H3. The van der Waals surface area contributed by atoms with Gasteiger partial charge in [-0.3, -0.25) is 0 Å². The summed E-state index contributed by atoms with van der Waals surface area (Å²) in [7, 11) is 1.66. The summed E-state index contributed by atoms with van der Waals surface area (Å²) >= 11 is 12.2. The SMILES string of the molecule is CNC(c1ccc(F)cc1F)c1c(Cl)cccc1Cl. The molecule has 0 bridgehead atoms. The summed E-state index contributed by atoms with van der Waals surface area (Å²) in [5, 5.41) is 3.80. The third kappa shape index (κ3) is 2.89. The van der Waals surface area contributed by atoms with Gasteiger partial charge in [-0.1, -0.05) is 35.3 Å². The number of benzene rings is 2. The van der Waals surface area contributed by atoms with Crippen molar-refractivity contribution in [1.82, 2.24) is 5.32 Å². The molecule has 0 fully saturated rings. The molecule has 0 heterocycles. The van der Waals surface area contributed by atoms with Crippen LogP contribution in [0.1, 0.15) is 17.2 Å². The molecular weight excluding hydrogens is 291 g/mol. The molecule has 1 atom stereocenters. The summed E-state index contributed by atoms with van der Waals surface area (Å²) in [6, 6.07) is 7.94. The van der Waals surface area contributed by atoms with Gasteiger partial charge < -0.3 is 5.32 Å². The van der Waals surface area contributed by atoms with Gasteiger partial charge in [-0.2, -0.15) is 0 Å². The Morgan fingerprint density at radius 1 is 1.05 bits per heavy atom. The monoisotopic (exact) mass is 301 g/mol. The van der Waals surface area contributed by atoms with Gasteiger partial charge >= 0.3 is 0 Å². The topological polar surface area (TPSA) is 12.0 Å². The maximum Gasteiger partial charge on any atom is 0.131 e. The molecule has 19 heavy (non-hydrogen) atoms. The van der Waals surface area contributed by atoms with Crippen molar-refractivity contribution >= 4 is 23.2 Å². The lowest BCUT2D eigenvalue weighted by molar-refractivity contribution is 0.552. The van der Waals surface area contributed by atoms with Crippen molar-refractivity contribution in [3.05, 3.63) is 69.2 Å². The van der Waals surface area contributed by atoms with Crippen LogP contribution in [0.15, 0.2) is 36.4 Å². The maximum absolute atomic E-state index is 13.9. The minimum absolute atomic E-state index is 0.291. The molecule has 2 aromatic rings. The first-order chi connectivity index (χ1) is 9.04. The average Bonchev–Trinajstić information content (AvgIpc) is 2.35. The third-order valence-electron chi connectivity index (χ3n) is 2.85. The van der Waals surface area contributed by atoms with E-state index in [0.29, 0.717) is 21.2 Å². The largest absolute Gasteiger partial charge is 0.309 e. The zero-order valence-electron chi connectivity index (χ0n) is 10.1. The van der Waals surface area contributed by atoms with E-state index in [9.17, 15) is 8.78 Å². The van der Waals surface area contributed by atoms with Gasteiger partial charge in [0.1, 0.15) is 11.6 Å². The highest BCUT2D eigenvalue weighted by Gasteiger charge is 2.21. The highest BCUT2D eigenvalue weighted by Crippen LogP contribution is 2.34. The summed E-state index contributed by atoms with van der Waals surface area (Å²) < 4.78 is 26.8.